The number of rotatable bonds is 3. The van der Waals surface area contributed by atoms with E-state index in [1.54, 1.807) is 0 Å². The maximum absolute atomic E-state index is 10.7. The summed E-state index contributed by atoms with van der Waals surface area (Å²) in [5.41, 5.74) is 0. The van der Waals surface area contributed by atoms with Crippen molar-refractivity contribution in [3.8, 4) is 0 Å². The van der Waals surface area contributed by atoms with Crippen molar-refractivity contribution in [3.05, 3.63) is 10.6 Å². The Morgan fingerprint density at radius 1 is 1.75 bits per heavy atom. The van der Waals surface area contributed by atoms with Gasteiger partial charge in [-0.05, 0) is 15.9 Å². The molecule has 0 bridgehead atoms. The number of esters is 1. The highest BCUT2D eigenvalue weighted by Crippen LogP contribution is 2.02. The van der Waals surface area contributed by atoms with Crippen LogP contribution in [0.25, 0.3) is 0 Å². The maximum Gasteiger partial charge on any atom is 0.305 e. The van der Waals surface area contributed by atoms with Gasteiger partial charge in [0.05, 0.1) is 13.5 Å². The fraction of sp³-hybridized carbons (Fsp3) is 0.500. The third-order valence-corrected chi connectivity index (χ3v) is 1.65. The van der Waals surface area contributed by atoms with Gasteiger partial charge in [0.25, 0.3) is 0 Å². The molecule has 1 rings (SSSR count). The van der Waals surface area contributed by atoms with Gasteiger partial charge < -0.3 is 4.74 Å². The molecule has 0 radical (unpaired) electrons. The van der Waals surface area contributed by atoms with Crippen molar-refractivity contribution in [3.63, 3.8) is 0 Å². The lowest BCUT2D eigenvalue weighted by Gasteiger charge is -1.94. The molecule has 1 heterocycles. The van der Waals surface area contributed by atoms with E-state index in [0.29, 0.717) is 23.4 Å². The third kappa shape index (κ3) is 2.61. The highest BCUT2D eigenvalue weighted by molar-refractivity contribution is 9.10. The summed E-state index contributed by atoms with van der Waals surface area (Å²) in [5.74, 6) is 0.426. The quantitative estimate of drug-likeness (QED) is 0.780. The SMILES string of the molecule is COC(=O)CCc1nc(Br)n[nH]1. The van der Waals surface area contributed by atoms with Crippen LogP contribution in [-0.4, -0.2) is 28.3 Å². The average Bonchev–Trinajstić information content (AvgIpc) is 2.47. The Labute approximate surface area is 77.7 Å². The summed E-state index contributed by atoms with van der Waals surface area (Å²) in [7, 11) is 1.36. The van der Waals surface area contributed by atoms with Gasteiger partial charge in [0, 0.05) is 6.42 Å². The first kappa shape index (κ1) is 9.18. The molecular formula is C6H8BrN3O2. The number of halogens is 1. The molecule has 0 aromatic carbocycles. The molecular weight excluding hydrogens is 226 g/mol. The minimum Gasteiger partial charge on any atom is -0.469 e. The van der Waals surface area contributed by atoms with E-state index in [2.05, 4.69) is 35.8 Å². The van der Waals surface area contributed by atoms with E-state index >= 15 is 0 Å². The highest BCUT2D eigenvalue weighted by Gasteiger charge is 2.04. The second-order valence-electron chi connectivity index (χ2n) is 2.13. The summed E-state index contributed by atoms with van der Waals surface area (Å²) in [6.45, 7) is 0. The molecule has 0 aliphatic carbocycles. The number of aromatic nitrogens is 3. The molecule has 0 saturated heterocycles. The minimum atomic E-state index is -0.248. The minimum absolute atomic E-state index is 0.248. The smallest absolute Gasteiger partial charge is 0.305 e. The molecule has 0 fully saturated rings. The molecule has 0 unspecified atom stereocenters. The zero-order chi connectivity index (χ0) is 8.97. The van der Waals surface area contributed by atoms with E-state index in [0.717, 1.165) is 0 Å². The van der Waals surface area contributed by atoms with Gasteiger partial charge in [-0.1, -0.05) is 0 Å². The van der Waals surface area contributed by atoms with Crippen LogP contribution in [0, 0.1) is 0 Å². The fourth-order valence-corrected chi connectivity index (χ4v) is 1.01. The van der Waals surface area contributed by atoms with Crippen LogP contribution in [0.3, 0.4) is 0 Å². The van der Waals surface area contributed by atoms with Gasteiger partial charge in [0.1, 0.15) is 5.82 Å². The Morgan fingerprint density at radius 2 is 2.50 bits per heavy atom. The molecule has 5 nitrogen and oxygen atoms in total. The largest absolute Gasteiger partial charge is 0.469 e. The molecule has 0 atom stereocenters. The standard InChI is InChI=1S/C6H8BrN3O2/c1-12-5(11)3-2-4-8-6(7)10-9-4/h2-3H2,1H3,(H,8,9,10). The van der Waals surface area contributed by atoms with Crippen molar-refractivity contribution in [1.29, 1.82) is 0 Å². The van der Waals surface area contributed by atoms with Gasteiger partial charge in [0.15, 0.2) is 0 Å². The number of methoxy groups -OCH3 is 1. The summed E-state index contributed by atoms with van der Waals surface area (Å²) in [6, 6.07) is 0. The van der Waals surface area contributed by atoms with Gasteiger partial charge >= 0.3 is 5.97 Å². The second kappa shape index (κ2) is 4.20. The third-order valence-electron chi connectivity index (χ3n) is 1.30. The zero-order valence-electron chi connectivity index (χ0n) is 6.50. The molecule has 0 aliphatic rings. The first-order valence-electron chi connectivity index (χ1n) is 3.36. The topological polar surface area (TPSA) is 67.9 Å². The van der Waals surface area contributed by atoms with Crippen LogP contribution >= 0.6 is 15.9 Å². The van der Waals surface area contributed by atoms with Crippen LogP contribution < -0.4 is 0 Å². The number of H-pyrrole nitrogens is 1. The van der Waals surface area contributed by atoms with Crippen molar-refractivity contribution in [2.24, 2.45) is 0 Å². The molecule has 1 N–H and O–H groups in total. The van der Waals surface area contributed by atoms with Crippen LogP contribution in [0.2, 0.25) is 0 Å². The first-order valence-corrected chi connectivity index (χ1v) is 4.15. The lowest BCUT2D eigenvalue weighted by Crippen LogP contribution is -2.02. The highest BCUT2D eigenvalue weighted by atomic mass is 79.9. The van der Waals surface area contributed by atoms with Gasteiger partial charge in [-0.15, -0.1) is 5.10 Å². The van der Waals surface area contributed by atoms with Crippen LogP contribution in [0.15, 0.2) is 4.73 Å². The molecule has 0 aliphatic heterocycles. The number of ether oxygens (including phenoxy) is 1. The van der Waals surface area contributed by atoms with E-state index in [1.807, 2.05) is 0 Å². The Morgan fingerprint density at radius 3 is 3.00 bits per heavy atom. The van der Waals surface area contributed by atoms with Crippen LogP contribution in [-0.2, 0) is 16.0 Å². The monoisotopic (exact) mass is 233 g/mol. The summed E-state index contributed by atoms with van der Waals surface area (Å²) in [4.78, 5) is 14.7. The van der Waals surface area contributed by atoms with Crippen molar-refractivity contribution in [1.82, 2.24) is 15.2 Å². The van der Waals surface area contributed by atoms with E-state index in [9.17, 15) is 4.79 Å². The maximum atomic E-state index is 10.7. The molecule has 1 aromatic rings. The van der Waals surface area contributed by atoms with E-state index in [1.165, 1.54) is 7.11 Å². The number of carbonyl (C=O) groups excluding carboxylic acids is 1. The number of carbonyl (C=O) groups is 1. The van der Waals surface area contributed by atoms with Gasteiger partial charge in [0.2, 0.25) is 4.73 Å². The Bertz CT molecular complexity index is 274. The zero-order valence-corrected chi connectivity index (χ0v) is 8.09. The molecule has 0 amide bonds. The Balaban J connectivity index is 2.38. The molecule has 66 valence electrons. The summed E-state index contributed by atoms with van der Waals surface area (Å²) in [6.07, 6.45) is 0.837. The van der Waals surface area contributed by atoms with Gasteiger partial charge in [-0.25, -0.2) is 4.98 Å². The van der Waals surface area contributed by atoms with E-state index < -0.39 is 0 Å². The first-order chi connectivity index (χ1) is 5.72. The van der Waals surface area contributed by atoms with E-state index in [4.69, 9.17) is 0 Å². The lowest BCUT2D eigenvalue weighted by atomic mass is 10.3. The molecule has 6 heteroatoms. The Kier molecular flexibility index (Phi) is 3.21. The normalized spacial score (nSPS) is 9.83. The van der Waals surface area contributed by atoms with Crippen molar-refractivity contribution in [2.75, 3.05) is 7.11 Å². The summed E-state index contributed by atoms with van der Waals surface area (Å²) < 4.78 is 4.97. The lowest BCUT2D eigenvalue weighted by molar-refractivity contribution is -0.140. The predicted octanol–water partition coefficient (Wildman–Crippen LogP) is 0.673. The number of aromatic amines is 1. The Hall–Kier alpha value is -0.910. The van der Waals surface area contributed by atoms with Crippen LogP contribution in [0.1, 0.15) is 12.2 Å². The second-order valence-corrected chi connectivity index (χ2v) is 2.84. The van der Waals surface area contributed by atoms with Gasteiger partial charge in [-0.3, -0.25) is 9.89 Å². The van der Waals surface area contributed by atoms with E-state index in [-0.39, 0.29) is 5.97 Å². The molecule has 0 spiro atoms. The van der Waals surface area contributed by atoms with Crippen LogP contribution in [0.5, 0.6) is 0 Å². The molecule has 0 saturated carbocycles. The number of hydrogen-bond acceptors (Lipinski definition) is 4. The summed E-state index contributed by atoms with van der Waals surface area (Å²) in [5, 5.41) is 6.42. The number of aryl methyl sites for hydroxylation is 1. The summed E-state index contributed by atoms with van der Waals surface area (Å²) >= 11 is 3.09. The van der Waals surface area contributed by atoms with Crippen LogP contribution in [0.4, 0.5) is 0 Å². The number of nitrogens with one attached hydrogen (secondary N) is 1. The molecule has 1 aromatic heterocycles. The van der Waals surface area contributed by atoms with Crippen molar-refractivity contribution >= 4 is 21.9 Å². The van der Waals surface area contributed by atoms with Crippen molar-refractivity contribution < 1.29 is 9.53 Å². The number of hydrogen-bond donors (Lipinski definition) is 1. The average molecular weight is 234 g/mol. The predicted molar refractivity (Wildman–Crippen MR) is 44.4 cm³/mol. The molecule has 12 heavy (non-hydrogen) atoms. The van der Waals surface area contributed by atoms with Crippen molar-refractivity contribution in [2.45, 2.75) is 12.8 Å². The fourth-order valence-electron chi connectivity index (χ4n) is 0.706. The van der Waals surface area contributed by atoms with Gasteiger partial charge in [-0.2, -0.15) is 0 Å². The number of nitrogens with zero attached hydrogens (tertiary/aromatic N) is 2.